The summed E-state index contributed by atoms with van der Waals surface area (Å²) < 4.78 is 0.514. The molecule has 3 rings (SSSR count). The Bertz CT molecular complexity index is 1120. The number of nitrogens with one attached hydrogen (secondary N) is 2. The Balaban J connectivity index is 1.57. The molecule has 0 saturated carbocycles. The summed E-state index contributed by atoms with van der Waals surface area (Å²) in [6, 6.07) is 11.7. The fourth-order valence-corrected chi connectivity index (χ4v) is 4.01. The number of carbonyl (C=O) groups excluding carboxylic acids is 2. The molecule has 30 heavy (non-hydrogen) atoms. The maximum atomic E-state index is 12.3. The molecule has 9 nitrogen and oxygen atoms in total. The number of anilines is 2. The molecule has 0 atom stereocenters. The van der Waals surface area contributed by atoms with Gasteiger partial charge >= 0.3 is 0 Å². The van der Waals surface area contributed by atoms with Crippen molar-refractivity contribution in [1.29, 1.82) is 0 Å². The van der Waals surface area contributed by atoms with Crippen LogP contribution in [0.15, 0.2) is 46.8 Å². The van der Waals surface area contributed by atoms with Crippen LogP contribution in [-0.2, 0) is 4.79 Å². The summed E-state index contributed by atoms with van der Waals surface area (Å²) in [4.78, 5) is 35.0. The highest BCUT2D eigenvalue weighted by Gasteiger charge is 2.17. The van der Waals surface area contributed by atoms with Gasteiger partial charge in [-0.15, -0.1) is 10.2 Å². The van der Waals surface area contributed by atoms with E-state index in [4.69, 9.17) is 0 Å². The van der Waals surface area contributed by atoms with Crippen LogP contribution in [0.25, 0.3) is 0 Å². The quantitative estimate of drug-likeness (QED) is 0.244. The van der Waals surface area contributed by atoms with Crippen LogP contribution in [0.1, 0.15) is 21.5 Å². The summed E-state index contributed by atoms with van der Waals surface area (Å²) in [7, 11) is 0. The third kappa shape index (κ3) is 5.39. The van der Waals surface area contributed by atoms with E-state index in [0.29, 0.717) is 9.90 Å². The molecule has 154 valence electrons. The number of rotatable bonds is 7. The summed E-state index contributed by atoms with van der Waals surface area (Å²) in [5, 5.41) is 24.5. The van der Waals surface area contributed by atoms with E-state index < -0.39 is 10.8 Å². The van der Waals surface area contributed by atoms with Gasteiger partial charge in [0.1, 0.15) is 0 Å². The van der Waals surface area contributed by atoms with Gasteiger partial charge in [-0.2, -0.15) is 0 Å². The topological polar surface area (TPSA) is 127 Å². The summed E-state index contributed by atoms with van der Waals surface area (Å²) in [5.41, 5.74) is 2.20. The van der Waals surface area contributed by atoms with E-state index in [0.717, 1.165) is 22.6 Å². The summed E-state index contributed by atoms with van der Waals surface area (Å²) in [6.45, 7) is 3.51. The second-order valence-electron chi connectivity index (χ2n) is 6.24. The van der Waals surface area contributed by atoms with Gasteiger partial charge in [0, 0.05) is 22.9 Å². The van der Waals surface area contributed by atoms with E-state index in [1.54, 1.807) is 6.92 Å². The zero-order valence-electron chi connectivity index (χ0n) is 16.0. The van der Waals surface area contributed by atoms with Crippen molar-refractivity contribution < 1.29 is 14.5 Å². The Labute approximate surface area is 180 Å². The molecule has 2 N–H and O–H groups in total. The van der Waals surface area contributed by atoms with Crippen molar-refractivity contribution in [2.75, 3.05) is 16.4 Å². The largest absolute Gasteiger partial charge is 0.325 e. The molecule has 0 bridgehead atoms. The molecule has 2 aromatic carbocycles. The van der Waals surface area contributed by atoms with Crippen molar-refractivity contribution in [2.24, 2.45) is 0 Å². The minimum absolute atomic E-state index is 0.129. The number of hydrogen-bond donors (Lipinski definition) is 2. The van der Waals surface area contributed by atoms with E-state index in [2.05, 4.69) is 20.8 Å². The molecule has 0 radical (unpaired) electrons. The number of hydrogen-bond acceptors (Lipinski definition) is 8. The predicted molar refractivity (Wildman–Crippen MR) is 116 cm³/mol. The Morgan fingerprint density at radius 1 is 1.10 bits per heavy atom. The van der Waals surface area contributed by atoms with Crippen LogP contribution in [0.5, 0.6) is 0 Å². The molecule has 3 aromatic rings. The molecule has 0 aliphatic heterocycles. The first-order chi connectivity index (χ1) is 14.3. The van der Waals surface area contributed by atoms with E-state index in [-0.39, 0.29) is 28.0 Å². The smallest absolute Gasteiger partial charge is 0.273 e. The Morgan fingerprint density at radius 2 is 1.87 bits per heavy atom. The van der Waals surface area contributed by atoms with Crippen LogP contribution in [0.3, 0.4) is 0 Å². The van der Waals surface area contributed by atoms with Gasteiger partial charge in [0.05, 0.1) is 10.7 Å². The lowest BCUT2D eigenvalue weighted by atomic mass is 10.1. The van der Waals surface area contributed by atoms with Gasteiger partial charge in [-0.05, 0) is 31.5 Å². The zero-order valence-corrected chi connectivity index (χ0v) is 17.7. The fraction of sp³-hybridized carbons (Fsp3) is 0.158. The van der Waals surface area contributed by atoms with Crippen molar-refractivity contribution in [3.8, 4) is 0 Å². The molecule has 0 saturated heterocycles. The lowest BCUT2D eigenvalue weighted by molar-refractivity contribution is -0.385. The maximum Gasteiger partial charge on any atom is 0.273 e. The Hall–Kier alpha value is -3.31. The lowest BCUT2D eigenvalue weighted by Crippen LogP contribution is -2.14. The van der Waals surface area contributed by atoms with Crippen molar-refractivity contribution in [3.63, 3.8) is 0 Å². The first-order valence-electron chi connectivity index (χ1n) is 8.71. The number of amides is 2. The molecule has 0 fully saturated rings. The van der Waals surface area contributed by atoms with Crippen molar-refractivity contribution in [1.82, 2.24) is 10.2 Å². The van der Waals surface area contributed by atoms with E-state index in [9.17, 15) is 19.7 Å². The third-order valence-electron chi connectivity index (χ3n) is 4.04. The van der Waals surface area contributed by atoms with Gasteiger partial charge in [0.25, 0.3) is 11.6 Å². The average molecular weight is 444 g/mol. The van der Waals surface area contributed by atoms with Crippen LogP contribution in [0.2, 0.25) is 0 Å². The highest BCUT2D eigenvalue weighted by atomic mass is 32.2. The van der Waals surface area contributed by atoms with Crippen LogP contribution in [0, 0.1) is 24.0 Å². The number of nitro benzene ring substituents is 1. The molecule has 1 aromatic heterocycles. The molecular weight excluding hydrogens is 426 g/mol. The number of nitrogens with zero attached hydrogens (tertiary/aromatic N) is 3. The maximum absolute atomic E-state index is 12.3. The number of aryl methyl sites for hydroxylation is 2. The molecule has 11 heteroatoms. The number of para-hydroxylation sites is 1. The minimum atomic E-state index is -0.534. The summed E-state index contributed by atoms with van der Waals surface area (Å²) >= 11 is 2.31. The van der Waals surface area contributed by atoms with Crippen LogP contribution < -0.4 is 10.6 Å². The highest BCUT2D eigenvalue weighted by molar-refractivity contribution is 8.01. The van der Waals surface area contributed by atoms with Crippen LogP contribution >= 0.6 is 23.1 Å². The number of thioether (sulfide) groups is 1. The molecule has 0 spiro atoms. The van der Waals surface area contributed by atoms with Crippen molar-refractivity contribution in [3.05, 3.63) is 69.3 Å². The zero-order chi connectivity index (χ0) is 21.7. The normalized spacial score (nSPS) is 10.5. The van der Waals surface area contributed by atoms with Gasteiger partial charge in [-0.1, -0.05) is 47.4 Å². The lowest BCUT2D eigenvalue weighted by Gasteiger charge is -2.06. The van der Waals surface area contributed by atoms with Crippen LogP contribution in [-0.4, -0.2) is 32.7 Å². The third-order valence-corrected chi connectivity index (χ3v) is 6.01. The van der Waals surface area contributed by atoms with Crippen molar-refractivity contribution in [2.45, 2.75) is 18.2 Å². The number of benzene rings is 2. The second kappa shape index (κ2) is 9.46. The number of carbonyl (C=O) groups is 2. The van der Waals surface area contributed by atoms with Gasteiger partial charge < -0.3 is 5.32 Å². The monoisotopic (exact) mass is 443 g/mol. The predicted octanol–water partition coefficient (Wildman–Crippen LogP) is 4.05. The molecular formula is C19H17N5O4S2. The molecule has 0 aliphatic carbocycles. The second-order valence-corrected chi connectivity index (χ2v) is 8.44. The molecule has 0 unspecified atom stereocenters. The first kappa shape index (κ1) is 21.4. The fourth-order valence-electron chi connectivity index (χ4n) is 2.46. The van der Waals surface area contributed by atoms with Gasteiger partial charge in [-0.25, -0.2) is 0 Å². The van der Waals surface area contributed by atoms with Gasteiger partial charge in [0.2, 0.25) is 11.0 Å². The van der Waals surface area contributed by atoms with E-state index in [1.165, 1.54) is 30.0 Å². The molecule has 1 heterocycles. The summed E-state index contributed by atoms with van der Waals surface area (Å²) in [5.74, 6) is -0.564. The standard InChI is InChI=1S/C19H17N5O4S2/c1-11-5-3-4-6-14(11)20-16(25)10-29-19-23-22-18(30-19)21-17(26)13-8-7-12(2)15(9-13)24(27)28/h3-9H,10H2,1-2H3,(H,20,25)(H,21,22,26). The Morgan fingerprint density at radius 3 is 2.60 bits per heavy atom. The Kier molecular flexibility index (Phi) is 6.75. The van der Waals surface area contributed by atoms with E-state index >= 15 is 0 Å². The highest BCUT2D eigenvalue weighted by Crippen LogP contribution is 2.27. The minimum Gasteiger partial charge on any atom is -0.325 e. The average Bonchev–Trinajstić information content (AvgIpc) is 3.15. The van der Waals surface area contributed by atoms with Gasteiger partial charge in [0.15, 0.2) is 4.34 Å². The van der Waals surface area contributed by atoms with E-state index in [1.807, 2.05) is 31.2 Å². The SMILES string of the molecule is Cc1ccccc1NC(=O)CSc1nnc(NC(=O)c2ccc(C)c([N+](=O)[O-])c2)s1. The van der Waals surface area contributed by atoms with Gasteiger partial charge in [-0.3, -0.25) is 25.0 Å². The number of aromatic nitrogens is 2. The first-order valence-corrected chi connectivity index (χ1v) is 10.5. The molecule has 2 amide bonds. The number of nitro groups is 1. The van der Waals surface area contributed by atoms with Crippen LogP contribution in [0.4, 0.5) is 16.5 Å². The summed E-state index contributed by atoms with van der Waals surface area (Å²) in [6.07, 6.45) is 0. The van der Waals surface area contributed by atoms with Crippen molar-refractivity contribution >= 4 is 51.4 Å². The molecule has 0 aliphatic rings.